The van der Waals surface area contributed by atoms with Gasteiger partial charge in [0.25, 0.3) is 0 Å². The summed E-state index contributed by atoms with van der Waals surface area (Å²) < 4.78 is 6.19. The van der Waals surface area contributed by atoms with Crippen molar-refractivity contribution in [2.45, 2.75) is 31.4 Å². The smallest absolute Gasteiger partial charge is 0.112 e. The van der Waals surface area contributed by atoms with Gasteiger partial charge in [0, 0.05) is 19.6 Å². The third-order valence-corrected chi connectivity index (χ3v) is 5.05. The van der Waals surface area contributed by atoms with Crippen molar-refractivity contribution in [1.29, 1.82) is 5.26 Å². The number of hydrogen-bond donors (Lipinski definition) is 1. The number of aromatic nitrogens is 2. The van der Waals surface area contributed by atoms with Gasteiger partial charge in [0.1, 0.15) is 5.60 Å². The Morgan fingerprint density at radius 2 is 2.22 bits per heavy atom. The minimum absolute atomic E-state index is 0.172. The van der Waals surface area contributed by atoms with E-state index < -0.39 is 0 Å². The molecule has 2 aromatic rings. The van der Waals surface area contributed by atoms with Gasteiger partial charge in [-0.1, -0.05) is 12.1 Å². The van der Waals surface area contributed by atoms with E-state index in [0.717, 1.165) is 51.1 Å². The maximum Gasteiger partial charge on any atom is 0.112 e. The van der Waals surface area contributed by atoms with E-state index >= 15 is 0 Å². The highest BCUT2D eigenvalue weighted by Gasteiger charge is 2.42. The van der Waals surface area contributed by atoms with Crippen LogP contribution in [0.25, 0.3) is 0 Å². The fraction of sp³-hybridized carbons (Fsp3) is 0.444. The molecule has 0 saturated carbocycles. The number of nitrogens with one attached hydrogen (secondary N) is 1. The van der Waals surface area contributed by atoms with Crippen molar-refractivity contribution in [3.63, 3.8) is 0 Å². The number of piperidine rings is 1. The quantitative estimate of drug-likeness (QED) is 0.925. The molecule has 0 aliphatic carbocycles. The van der Waals surface area contributed by atoms with Crippen LogP contribution in [0.4, 0.5) is 0 Å². The molecule has 3 heterocycles. The molecule has 0 atom stereocenters. The summed E-state index contributed by atoms with van der Waals surface area (Å²) in [6, 6.07) is 10.1. The van der Waals surface area contributed by atoms with Crippen molar-refractivity contribution in [2.24, 2.45) is 0 Å². The Labute approximate surface area is 135 Å². The van der Waals surface area contributed by atoms with Crippen LogP contribution in [0.15, 0.2) is 30.5 Å². The third kappa shape index (κ3) is 2.65. The molecule has 5 heteroatoms. The van der Waals surface area contributed by atoms with Gasteiger partial charge in [0.2, 0.25) is 0 Å². The number of aromatic amines is 1. The summed E-state index contributed by atoms with van der Waals surface area (Å²) in [7, 11) is 0. The molecule has 1 fully saturated rings. The Kier molecular flexibility index (Phi) is 3.64. The maximum atomic E-state index is 9.02. The van der Waals surface area contributed by atoms with E-state index in [1.165, 1.54) is 16.8 Å². The van der Waals surface area contributed by atoms with Gasteiger partial charge in [0.15, 0.2) is 0 Å². The van der Waals surface area contributed by atoms with Gasteiger partial charge in [-0.25, -0.2) is 0 Å². The van der Waals surface area contributed by atoms with Crippen molar-refractivity contribution in [1.82, 2.24) is 15.1 Å². The number of ether oxygens (including phenoxy) is 1. The summed E-state index contributed by atoms with van der Waals surface area (Å²) in [6.45, 7) is 3.67. The van der Waals surface area contributed by atoms with Crippen molar-refractivity contribution >= 4 is 0 Å². The Bertz CT molecular complexity index is 737. The van der Waals surface area contributed by atoms with Crippen LogP contribution < -0.4 is 0 Å². The predicted octanol–water partition coefficient (Wildman–Crippen LogP) is 2.35. The van der Waals surface area contributed by atoms with Gasteiger partial charge in [-0.15, -0.1) is 0 Å². The molecule has 1 spiro atoms. The number of H-pyrrole nitrogens is 1. The minimum Gasteiger partial charge on any atom is -0.368 e. The number of fused-ring (bicyclic) bond motifs is 2. The second-order valence-electron chi connectivity index (χ2n) is 6.45. The molecule has 4 rings (SSSR count). The lowest BCUT2D eigenvalue weighted by atomic mass is 9.83. The van der Waals surface area contributed by atoms with Gasteiger partial charge in [0.05, 0.1) is 30.1 Å². The molecule has 1 aromatic carbocycles. The highest BCUT2D eigenvalue weighted by molar-refractivity contribution is 5.33. The van der Waals surface area contributed by atoms with Crippen molar-refractivity contribution in [3.05, 3.63) is 52.8 Å². The number of nitrogens with zero attached hydrogens (tertiary/aromatic N) is 3. The first-order valence-electron chi connectivity index (χ1n) is 8.17. The molecular formula is C18H20N4O. The van der Waals surface area contributed by atoms with Crippen LogP contribution >= 0.6 is 0 Å². The van der Waals surface area contributed by atoms with E-state index in [0.29, 0.717) is 0 Å². The molecule has 0 unspecified atom stereocenters. The first-order chi connectivity index (χ1) is 11.3. The number of nitriles is 1. The van der Waals surface area contributed by atoms with Crippen LogP contribution in [-0.4, -0.2) is 34.8 Å². The molecule has 1 aromatic heterocycles. The SMILES string of the molecule is N#Cc1cccc(CN2CCC3(CC2)OCCc2cn[nH]c23)c1. The van der Waals surface area contributed by atoms with Crippen molar-refractivity contribution in [3.8, 4) is 6.07 Å². The van der Waals surface area contributed by atoms with Crippen LogP contribution in [0.2, 0.25) is 0 Å². The van der Waals surface area contributed by atoms with E-state index in [4.69, 9.17) is 10.00 Å². The normalized spacial score (nSPS) is 20.1. The Morgan fingerprint density at radius 3 is 3.04 bits per heavy atom. The van der Waals surface area contributed by atoms with Gasteiger partial charge < -0.3 is 4.74 Å². The largest absolute Gasteiger partial charge is 0.368 e. The van der Waals surface area contributed by atoms with Gasteiger partial charge in [-0.05, 0) is 42.5 Å². The standard InChI is InChI=1S/C18H20N4O/c19-11-14-2-1-3-15(10-14)13-22-7-5-18(6-8-22)17-16(4-9-23-18)12-20-21-17/h1-3,10,12H,4-9,13H2,(H,20,21). The summed E-state index contributed by atoms with van der Waals surface area (Å²) in [5, 5.41) is 16.4. The molecule has 0 amide bonds. The van der Waals surface area contributed by atoms with Crippen molar-refractivity contribution < 1.29 is 4.74 Å². The molecule has 2 aliphatic rings. The molecule has 1 N–H and O–H groups in total. The molecule has 5 nitrogen and oxygen atoms in total. The van der Waals surface area contributed by atoms with E-state index in [2.05, 4.69) is 27.2 Å². The summed E-state index contributed by atoms with van der Waals surface area (Å²) in [5.41, 5.74) is 4.26. The van der Waals surface area contributed by atoms with Crippen LogP contribution in [0, 0.1) is 11.3 Å². The summed E-state index contributed by atoms with van der Waals surface area (Å²) in [6.07, 6.45) is 4.87. The first-order valence-corrected chi connectivity index (χ1v) is 8.17. The zero-order valence-corrected chi connectivity index (χ0v) is 13.1. The lowest BCUT2D eigenvalue weighted by Crippen LogP contribution is -2.46. The minimum atomic E-state index is -0.172. The average Bonchev–Trinajstić information content (AvgIpc) is 3.08. The predicted molar refractivity (Wildman–Crippen MR) is 85.6 cm³/mol. The van der Waals surface area contributed by atoms with Crippen LogP contribution in [0.3, 0.4) is 0 Å². The monoisotopic (exact) mass is 308 g/mol. The van der Waals surface area contributed by atoms with Gasteiger partial charge in [-0.2, -0.15) is 10.4 Å². The zero-order valence-electron chi connectivity index (χ0n) is 13.1. The highest BCUT2D eigenvalue weighted by atomic mass is 16.5. The van der Waals surface area contributed by atoms with Gasteiger partial charge in [-0.3, -0.25) is 10.00 Å². The van der Waals surface area contributed by atoms with E-state index in [9.17, 15) is 0 Å². The Hall–Kier alpha value is -2.16. The maximum absolute atomic E-state index is 9.02. The summed E-state index contributed by atoms with van der Waals surface area (Å²) >= 11 is 0. The number of benzene rings is 1. The third-order valence-electron chi connectivity index (χ3n) is 5.05. The van der Waals surface area contributed by atoms with Crippen LogP contribution in [0.1, 0.15) is 35.2 Å². The van der Waals surface area contributed by atoms with E-state index in [1.54, 1.807) is 0 Å². The number of likely N-dealkylation sites (tertiary alicyclic amines) is 1. The number of hydrogen-bond acceptors (Lipinski definition) is 4. The Balaban J connectivity index is 1.45. The second-order valence-corrected chi connectivity index (χ2v) is 6.45. The van der Waals surface area contributed by atoms with Crippen LogP contribution in [-0.2, 0) is 23.3 Å². The first kappa shape index (κ1) is 14.4. The molecule has 1 saturated heterocycles. The Morgan fingerprint density at radius 1 is 1.35 bits per heavy atom. The fourth-order valence-electron chi connectivity index (χ4n) is 3.79. The topological polar surface area (TPSA) is 64.9 Å². The molecule has 0 bridgehead atoms. The highest BCUT2D eigenvalue weighted by Crippen LogP contribution is 2.40. The average molecular weight is 308 g/mol. The molecule has 0 radical (unpaired) electrons. The molecular weight excluding hydrogens is 288 g/mol. The molecule has 118 valence electrons. The lowest BCUT2D eigenvalue weighted by Gasteiger charge is -2.43. The molecule has 2 aliphatic heterocycles. The summed E-state index contributed by atoms with van der Waals surface area (Å²) in [5.74, 6) is 0. The van der Waals surface area contributed by atoms with E-state index in [-0.39, 0.29) is 5.60 Å². The fourth-order valence-corrected chi connectivity index (χ4v) is 3.79. The molecule has 23 heavy (non-hydrogen) atoms. The number of rotatable bonds is 2. The second kappa shape index (κ2) is 5.80. The zero-order chi connectivity index (χ0) is 15.7. The van der Waals surface area contributed by atoms with E-state index in [1.807, 2.05) is 24.4 Å². The van der Waals surface area contributed by atoms with Crippen molar-refractivity contribution in [2.75, 3.05) is 19.7 Å². The van der Waals surface area contributed by atoms with Gasteiger partial charge >= 0.3 is 0 Å². The van der Waals surface area contributed by atoms with Crippen LogP contribution in [0.5, 0.6) is 0 Å². The summed E-state index contributed by atoms with van der Waals surface area (Å²) in [4.78, 5) is 2.44. The lowest BCUT2D eigenvalue weighted by molar-refractivity contribution is -0.102.